The van der Waals surface area contributed by atoms with Gasteiger partial charge in [-0.2, -0.15) is 0 Å². The molecule has 3 heteroatoms. The van der Waals surface area contributed by atoms with Crippen LogP contribution >= 0.6 is 0 Å². The number of hydrogen-bond donors (Lipinski definition) is 0. The zero-order valence-corrected chi connectivity index (χ0v) is 9.79. The van der Waals surface area contributed by atoms with Crippen LogP contribution in [-0.2, 0) is 14.3 Å². The Labute approximate surface area is 91.4 Å². The van der Waals surface area contributed by atoms with E-state index in [-0.39, 0.29) is 5.97 Å². The Balaban J connectivity index is 0.000000150. The summed E-state index contributed by atoms with van der Waals surface area (Å²) in [5, 5.41) is 0. The molecule has 2 bridgehead atoms. The first-order chi connectivity index (χ1) is 7.11. The van der Waals surface area contributed by atoms with Crippen LogP contribution in [0.3, 0.4) is 0 Å². The van der Waals surface area contributed by atoms with Gasteiger partial charge in [0.25, 0.3) is 0 Å². The molecule has 0 aromatic carbocycles. The maximum Gasteiger partial charge on any atom is 0.304 e. The first-order valence-corrected chi connectivity index (χ1v) is 5.49. The highest BCUT2D eigenvalue weighted by atomic mass is 16.7. The van der Waals surface area contributed by atoms with E-state index >= 15 is 0 Å². The van der Waals surface area contributed by atoms with Gasteiger partial charge >= 0.3 is 5.97 Å². The van der Waals surface area contributed by atoms with Crippen LogP contribution in [-0.4, -0.2) is 19.4 Å². The molecule has 0 amide bonds. The van der Waals surface area contributed by atoms with Gasteiger partial charge in [-0.25, -0.2) is 0 Å². The highest BCUT2D eigenvalue weighted by Gasteiger charge is 2.22. The molecule has 2 rings (SSSR count). The molecule has 2 aliphatic rings. The van der Waals surface area contributed by atoms with Gasteiger partial charge in [-0.05, 0) is 38.5 Å². The SMILES string of the molecule is C1=C2CCC(C1)C2.COC(C)OC(C)=O. The molecule has 86 valence electrons. The summed E-state index contributed by atoms with van der Waals surface area (Å²) < 4.78 is 9.16. The number of rotatable bonds is 2. The standard InChI is InChI=1S/C7H10.C5H10O3/c1-2-7-4-3-6(1)5-7;1-4(6)8-5(2)7-3/h1,7H,2-5H2;5H,1-3H3. The van der Waals surface area contributed by atoms with E-state index in [9.17, 15) is 4.79 Å². The quantitative estimate of drug-likeness (QED) is 0.401. The van der Waals surface area contributed by atoms with E-state index in [1.54, 1.807) is 12.5 Å². The van der Waals surface area contributed by atoms with Gasteiger partial charge in [0.1, 0.15) is 0 Å². The number of allylic oxidation sites excluding steroid dienone is 2. The third-order valence-corrected chi connectivity index (χ3v) is 2.83. The number of fused-ring (bicyclic) bond motifs is 2. The molecule has 2 unspecified atom stereocenters. The molecule has 0 heterocycles. The molecule has 0 radical (unpaired) electrons. The van der Waals surface area contributed by atoms with Gasteiger partial charge in [-0.1, -0.05) is 11.6 Å². The number of esters is 1. The number of methoxy groups -OCH3 is 1. The van der Waals surface area contributed by atoms with E-state index in [1.165, 1.54) is 39.7 Å². The van der Waals surface area contributed by atoms with Crippen LogP contribution in [0, 0.1) is 5.92 Å². The van der Waals surface area contributed by atoms with Crippen molar-refractivity contribution in [1.29, 1.82) is 0 Å². The van der Waals surface area contributed by atoms with Gasteiger partial charge in [0, 0.05) is 14.0 Å². The van der Waals surface area contributed by atoms with Crippen LogP contribution in [0.4, 0.5) is 0 Å². The lowest BCUT2D eigenvalue weighted by molar-refractivity contribution is -0.166. The Morgan fingerprint density at radius 2 is 2.33 bits per heavy atom. The second-order valence-corrected chi connectivity index (χ2v) is 4.12. The molecule has 15 heavy (non-hydrogen) atoms. The lowest BCUT2D eigenvalue weighted by atomic mass is 10.1. The van der Waals surface area contributed by atoms with Gasteiger partial charge < -0.3 is 9.47 Å². The molecule has 1 fully saturated rings. The maximum absolute atomic E-state index is 10.1. The molecule has 0 aliphatic heterocycles. The molecule has 0 aromatic heterocycles. The van der Waals surface area contributed by atoms with Crippen LogP contribution < -0.4 is 0 Å². The average molecular weight is 212 g/mol. The maximum atomic E-state index is 10.1. The molecule has 3 nitrogen and oxygen atoms in total. The normalized spacial score (nSPS) is 23.9. The number of ether oxygens (including phenoxy) is 2. The fraction of sp³-hybridized carbons (Fsp3) is 0.750. The van der Waals surface area contributed by atoms with Gasteiger partial charge in [-0.3, -0.25) is 4.79 Å². The first kappa shape index (κ1) is 12.2. The second-order valence-electron chi connectivity index (χ2n) is 4.12. The monoisotopic (exact) mass is 212 g/mol. The third-order valence-electron chi connectivity index (χ3n) is 2.83. The van der Waals surface area contributed by atoms with Crippen LogP contribution in [0.25, 0.3) is 0 Å². The summed E-state index contributed by atoms with van der Waals surface area (Å²) in [6.45, 7) is 3.00. The summed E-state index contributed by atoms with van der Waals surface area (Å²) in [6, 6.07) is 0. The lowest BCUT2D eigenvalue weighted by Gasteiger charge is -2.07. The number of carbonyl (C=O) groups is 1. The molecule has 2 atom stereocenters. The van der Waals surface area contributed by atoms with Gasteiger partial charge in [0.2, 0.25) is 0 Å². The van der Waals surface area contributed by atoms with Crippen molar-refractivity contribution in [2.45, 2.75) is 45.8 Å². The predicted molar refractivity (Wildman–Crippen MR) is 58.3 cm³/mol. The zero-order valence-electron chi connectivity index (χ0n) is 9.79. The largest absolute Gasteiger partial charge is 0.436 e. The number of carbonyl (C=O) groups excluding carboxylic acids is 1. The molecular weight excluding hydrogens is 192 g/mol. The summed E-state index contributed by atoms with van der Waals surface area (Å²) in [4.78, 5) is 10.1. The fourth-order valence-corrected chi connectivity index (χ4v) is 1.97. The Hall–Kier alpha value is -0.830. The van der Waals surface area contributed by atoms with Crippen molar-refractivity contribution < 1.29 is 14.3 Å². The third kappa shape index (κ3) is 4.47. The summed E-state index contributed by atoms with van der Waals surface area (Å²) >= 11 is 0. The predicted octanol–water partition coefficient (Wildman–Crippen LogP) is 2.66. The van der Waals surface area contributed by atoms with Crippen molar-refractivity contribution in [1.82, 2.24) is 0 Å². The summed E-state index contributed by atoms with van der Waals surface area (Å²) in [7, 11) is 1.48. The number of hydrogen-bond acceptors (Lipinski definition) is 3. The van der Waals surface area contributed by atoms with E-state index in [2.05, 4.69) is 15.5 Å². The fourth-order valence-electron chi connectivity index (χ4n) is 1.97. The van der Waals surface area contributed by atoms with Crippen LogP contribution in [0.5, 0.6) is 0 Å². The van der Waals surface area contributed by atoms with Crippen molar-refractivity contribution in [2.75, 3.05) is 7.11 Å². The Kier molecular flexibility index (Phi) is 4.82. The van der Waals surface area contributed by atoms with E-state index in [1.807, 2.05) is 0 Å². The van der Waals surface area contributed by atoms with Gasteiger partial charge in [0.15, 0.2) is 6.29 Å². The molecule has 1 saturated carbocycles. The molecule has 0 N–H and O–H groups in total. The Morgan fingerprint density at radius 3 is 2.47 bits per heavy atom. The zero-order chi connectivity index (χ0) is 11.3. The average Bonchev–Trinajstić information content (AvgIpc) is 2.81. The smallest absolute Gasteiger partial charge is 0.304 e. The molecule has 0 saturated heterocycles. The summed E-state index contributed by atoms with van der Waals surface area (Å²) in [5.74, 6) is 0.759. The summed E-state index contributed by atoms with van der Waals surface area (Å²) in [6.07, 6.45) is 7.76. The second kappa shape index (κ2) is 5.91. The van der Waals surface area contributed by atoms with Crippen molar-refractivity contribution in [3.05, 3.63) is 11.6 Å². The minimum atomic E-state index is -0.424. The van der Waals surface area contributed by atoms with Crippen LogP contribution in [0.15, 0.2) is 11.6 Å². The van der Waals surface area contributed by atoms with Crippen LogP contribution in [0.1, 0.15) is 39.5 Å². The minimum absolute atomic E-state index is 0.320. The van der Waals surface area contributed by atoms with E-state index in [0.29, 0.717) is 0 Å². The molecule has 0 spiro atoms. The lowest BCUT2D eigenvalue weighted by Crippen LogP contribution is -2.13. The molecule has 0 aromatic rings. The van der Waals surface area contributed by atoms with Gasteiger partial charge in [0.05, 0.1) is 0 Å². The summed E-state index contributed by atoms with van der Waals surface area (Å²) in [5.41, 5.74) is 1.74. The van der Waals surface area contributed by atoms with E-state index in [4.69, 9.17) is 0 Å². The van der Waals surface area contributed by atoms with Crippen molar-refractivity contribution >= 4 is 5.97 Å². The Bertz CT molecular complexity index is 245. The van der Waals surface area contributed by atoms with E-state index < -0.39 is 6.29 Å². The van der Waals surface area contributed by atoms with Crippen molar-refractivity contribution in [2.24, 2.45) is 5.92 Å². The molecule has 2 aliphatic carbocycles. The minimum Gasteiger partial charge on any atom is -0.436 e. The highest BCUT2D eigenvalue weighted by Crippen LogP contribution is 2.38. The van der Waals surface area contributed by atoms with Crippen LogP contribution in [0.2, 0.25) is 0 Å². The first-order valence-electron chi connectivity index (χ1n) is 5.49. The Morgan fingerprint density at radius 1 is 1.60 bits per heavy atom. The van der Waals surface area contributed by atoms with E-state index in [0.717, 1.165) is 5.92 Å². The topological polar surface area (TPSA) is 35.5 Å². The molecular formula is C12H20O3. The van der Waals surface area contributed by atoms with Gasteiger partial charge in [-0.15, -0.1) is 0 Å². The van der Waals surface area contributed by atoms with Crippen molar-refractivity contribution in [3.63, 3.8) is 0 Å². The highest BCUT2D eigenvalue weighted by molar-refractivity contribution is 5.65. The van der Waals surface area contributed by atoms with Crippen molar-refractivity contribution in [3.8, 4) is 0 Å².